The lowest BCUT2D eigenvalue weighted by Crippen LogP contribution is -2.74. The maximum absolute atomic E-state index is 15.6. The second-order valence-corrected chi connectivity index (χ2v) is 19.6. The lowest BCUT2D eigenvalue weighted by molar-refractivity contribution is -0.164. The van der Waals surface area contributed by atoms with Gasteiger partial charge in [0.25, 0.3) is 5.91 Å². The summed E-state index contributed by atoms with van der Waals surface area (Å²) in [6.45, 7) is 14.5. The van der Waals surface area contributed by atoms with Crippen LogP contribution in [0, 0.1) is 28.0 Å². The summed E-state index contributed by atoms with van der Waals surface area (Å²) in [4.78, 5) is 41.9. The molecule has 0 bridgehead atoms. The van der Waals surface area contributed by atoms with E-state index in [2.05, 4.69) is 73.9 Å². The van der Waals surface area contributed by atoms with E-state index in [1.54, 1.807) is 54.5 Å². The van der Waals surface area contributed by atoms with Crippen molar-refractivity contribution in [2.45, 2.75) is 97.5 Å². The molecule has 4 aliphatic rings. The number of hydrogen-bond donors (Lipinski definition) is 2. The highest BCUT2D eigenvalue weighted by molar-refractivity contribution is 6.31. The number of anilines is 3. The molecule has 340 valence electrons. The zero-order chi connectivity index (χ0) is 45.8. The number of nitriles is 1. The summed E-state index contributed by atoms with van der Waals surface area (Å²) in [6.07, 6.45) is 11.1. The minimum Gasteiger partial charge on any atom is -0.489 e. The fraction of sp³-hybridized carbons (Fsp3) is 0.479. The molecule has 6 heterocycles. The van der Waals surface area contributed by atoms with Crippen LogP contribution in [-0.4, -0.2) is 102 Å². The number of nitrogens with zero attached hydrogens (tertiary/aromatic N) is 10. The molecule has 3 aliphatic heterocycles. The van der Waals surface area contributed by atoms with Gasteiger partial charge in [0, 0.05) is 118 Å². The average Bonchev–Trinajstić information content (AvgIpc) is 3.91. The Labute approximate surface area is 383 Å². The molecule has 9 rings (SSSR count). The Hall–Kier alpha value is -6.05. The van der Waals surface area contributed by atoms with Crippen LogP contribution in [0.1, 0.15) is 93.5 Å². The fourth-order valence-corrected chi connectivity index (χ4v) is 11.2. The molecule has 0 spiro atoms. The zero-order valence-electron chi connectivity index (χ0n) is 37.8. The van der Waals surface area contributed by atoms with Gasteiger partial charge in [-0.3, -0.25) is 19.0 Å². The lowest BCUT2D eigenvalue weighted by Gasteiger charge is -2.63. The highest BCUT2D eigenvalue weighted by Crippen LogP contribution is 2.55. The smallest absolute Gasteiger partial charge is 0.254 e. The molecule has 5 aromatic rings. The van der Waals surface area contributed by atoms with E-state index in [1.165, 1.54) is 6.07 Å². The Bertz CT molecular complexity index is 2620. The molecule has 17 heteroatoms. The third-order valence-electron chi connectivity index (χ3n) is 14.2. The number of nitrogens with one attached hydrogen (secondary N) is 2. The van der Waals surface area contributed by atoms with Crippen LogP contribution in [0.25, 0.3) is 11.1 Å². The number of aryl methyl sites for hydroxylation is 1. The van der Waals surface area contributed by atoms with Crippen LogP contribution in [0.3, 0.4) is 0 Å². The predicted molar refractivity (Wildman–Crippen MR) is 245 cm³/mol. The molecule has 3 fully saturated rings. The number of ether oxygens (including phenoxy) is 1. The number of piperidine rings is 2. The highest BCUT2D eigenvalue weighted by atomic mass is 35.5. The van der Waals surface area contributed by atoms with Crippen molar-refractivity contribution in [2.24, 2.45) is 17.9 Å². The molecule has 1 aliphatic carbocycles. The quantitative estimate of drug-likeness (QED) is 0.145. The predicted octanol–water partition coefficient (Wildman–Crippen LogP) is 7.30. The number of fused-ring (bicyclic) bond motifs is 1. The number of amides is 2. The van der Waals surface area contributed by atoms with E-state index in [4.69, 9.17) is 21.4 Å². The molecule has 2 aromatic carbocycles. The third kappa shape index (κ3) is 8.52. The maximum atomic E-state index is 15.6. The zero-order valence-corrected chi connectivity index (χ0v) is 38.6. The number of halogens is 2. The summed E-state index contributed by atoms with van der Waals surface area (Å²) >= 11 is 6.27. The molecule has 65 heavy (non-hydrogen) atoms. The minimum absolute atomic E-state index is 0.0139. The van der Waals surface area contributed by atoms with Crippen molar-refractivity contribution in [3.05, 3.63) is 94.4 Å². The van der Waals surface area contributed by atoms with E-state index in [1.807, 2.05) is 24.2 Å². The largest absolute Gasteiger partial charge is 0.489 e. The molecule has 3 aromatic heterocycles. The molecule has 0 atom stereocenters. The summed E-state index contributed by atoms with van der Waals surface area (Å²) in [5.74, 6) is 1.21. The number of rotatable bonds is 10. The standard InChI is InChI=1S/C48H56ClFN12O3/c1-29(63)61-20-15-41-37(28-61)42(55-40-10-8-30(21-39(40)50)33-26-54-58(6)27-33)57-62(41)35-13-16-59(17-14-35)34-11-18-60(19-12-34)46-52-24-32(25-53-46)43(64)56-44-47(2,3)45(48(44,4)5)65-36-9-7-31(23-51)38(49)22-36/h7-10,21-22,24-27,34-35,44-45H,11-20,28H2,1-6H3,(H,55,57)(H,56,64). The van der Waals surface area contributed by atoms with Gasteiger partial charge in [-0.15, -0.1) is 0 Å². The third-order valence-corrected chi connectivity index (χ3v) is 14.5. The van der Waals surface area contributed by atoms with Crippen molar-refractivity contribution in [2.75, 3.05) is 42.9 Å². The first-order valence-corrected chi connectivity index (χ1v) is 22.9. The number of likely N-dealkylation sites (tertiary alicyclic amines) is 1. The van der Waals surface area contributed by atoms with E-state index in [9.17, 15) is 14.9 Å². The van der Waals surface area contributed by atoms with Crippen molar-refractivity contribution in [3.63, 3.8) is 0 Å². The Morgan fingerprint density at radius 3 is 2.26 bits per heavy atom. The van der Waals surface area contributed by atoms with E-state index < -0.39 is 10.8 Å². The van der Waals surface area contributed by atoms with Crippen molar-refractivity contribution >= 4 is 40.9 Å². The summed E-state index contributed by atoms with van der Waals surface area (Å²) < 4.78 is 25.8. The Morgan fingerprint density at radius 2 is 1.63 bits per heavy atom. The van der Waals surface area contributed by atoms with Gasteiger partial charge in [0.2, 0.25) is 11.9 Å². The van der Waals surface area contributed by atoms with E-state index in [0.717, 1.165) is 74.2 Å². The Morgan fingerprint density at radius 1 is 0.923 bits per heavy atom. The van der Waals surface area contributed by atoms with Gasteiger partial charge >= 0.3 is 0 Å². The summed E-state index contributed by atoms with van der Waals surface area (Å²) in [5, 5.41) is 25.4. The van der Waals surface area contributed by atoms with Gasteiger partial charge in [0.05, 0.1) is 40.6 Å². The Balaban J connectivity index is 0.784. The first-order valence-electron chi connectivity index (χ1n) is 22.5. The molecule has 0 unspecified atom stereocenters. The van der Waals surface area contributed by atoms with Crippen LogP contribution < -0.4 is 20.3 Å². The van der Waals surface area contributed by atoms with Gasteiger partial charge in [-0.25, -0.2) is 14.4 Å². The summed E-state index contributed by atoms with van der Waals surface area (Å²) in [5.41, 5.74) is 4.00. The second kappa shape index (κ2) is 17.4. The van der Waals surface area contributed by atoms with E-state index >= 15 is 4.39 Å². The van der Waals surface area contributed by atoms with Crippen LogP contribution in [0.4, 0.5) is 21.8 Å². The van der Waals surface area contributed by atoms with Crippen molar-refractivity contribution < 1.29 is 18.7 Å². The molecule has 2 saturated heterocycles. The molecule has 1 saturated carbocycles. The normalized spacial score (nSPS) is 21.0. The average molecular weight is 904 g/mol. The number of hydrogen-bond acceptors (Lipinski definition) is 11. The molecule has 0 radical (unpaired) electrons. The molecule has 15 nitrogen and oxygen atoms in total. The van der Waals surface area contributed by atoms with Crippen molar-refractivity contribution in [1.29, 1.82) is 5.26 Å². The van der Waals surface area contributed by atoms with Gasteiger partial charge in [-0.05, 0) is 55.5 Å². The second-order valence-electron chi connectivity index (χ2n) is 19.2. The van der Waals surface area contributed by atoms with Gasteiger partial charge in [0.1, 0.15) is 23.7 Å². The number of carbonyl (C=O) groups excluding carboxylic acids is 2. The van der Waals surface area contributed by atoms with Gasteiger partial charge in [-0.2, -0.15) is 15.5 Å². The summed E-state index contributed by atoms with van der Waals surface area (Å²) in [6, 6.07) is 12.7. The van der Waals surface area contributed by atoms with Crippen molar-refractivity contribution in [1.82, 2.24) is 44.6 Å². The van der Waals surface area contributed by atoms with Crippen LogP contribution in [0.2, 0.25) is 5.02 Å². The number of benzene rings is 2. The Kier molecular flexibility index (Phi) is 11.8. The fourth-order valence-electron chi connectivity index (χ4n) is 10.9. The lowest BCUT2D eigenvalue weighted by atomic mass is 9.49. The minimum atomic E-state index is -0.392. The van der Waals surface area contributed by atoms with Crippen molar-refractivity contribution in [3.8, 4) is 22.9 Å². The first-order chi connectivity index (χ1) is 31.1. The molecule has 2 N–H and O–H groups in total. The topological polar surface area (TPSA) is 162 Å². The molecule has 2 amide bonds. The monoisotopic (exact) mass is 902 g/mol. The SMILES string of the molecule is CC(=O)N1CCc2c(c(Nc3ccc(-c4cnn(C)c4)cc3F)nn2C2CCN(C3CCN(c4ncc(C(=O)NC5C(C)(C)C(Oc6ccc(C#N)c(Cl)c6)C5(C)C)cn4)CC3)CC2)C1. The molecular formula is C48H56ClFN12O3. The summed E-state index contributed by atoms with van der Waals surface area (Å²) in [7, 11) is 1.83. The van der Waals surface area contributed by atoms with Crippen LogP contribution in [0.5, 0.6) is 5.75 Å². The van der Waals surface area contributed by atoms with Gasteiger partial charge < -0.3 is 30.1 Å². The van der Waals surface area contributed by atoms with Crippen LogP contribution in [0.15, 0.2) is 61.2 Å². The van der Waals surface area contributed by atoms with E-state index in [0.29, 0.717) is 64.9 Å². The molecular weight excluding hydrogens is 847 g/mol. The first kappa shape index (κ1) is 44.2. The highest BCUT2D eigenvalue weighted by Gasteiger charge is 2.64. The number of aromatic nitrogens is 6. The van der Waals surface area contributed by atoms with Crippen LogP contribution in [-0.2, 0) is 24.8 Å². The maximum Gasteiger partial charge on any atom is 0.254 e. The van der Waals surface area contributed by atoms with E-state index in [-0.39, 0.29) is 35.8 Å². The van der Waals surface area contributed by atoms with Gasteiger partial charge in [-0.1, -0.05) is 45.4 Å². The van der Waals surface area contributed by atoms with Gasteiger partial charge in [0.15, 0.2) is 5.82 Å². The van der Waals surface area contributed by atoms with Crippen LogP contribution >= 0.6 is 11.6 Å². The number of carbonyl (C=O) groups is 2.